The molecular formula is C16H16N2O3. The third-order valence-corrected chi connectivity index (χ3v) is 2.91. The molecule has 0 saturated carbocycles. The van der Waals surface area contributed by atoms with E-state index in [-0.39, 0.29) is 23.8 Å². The Morgan fingerprint density at radius 1 is 1.10 bits per heavy atom. The maximum Gasteiger partial charge on any atom is 0.244 e. The van der Waals surface area contributed by atoms with Crippen LogP contribution in [0.25, 0.3) is 0 Å². The van der Waals surface area contributed by atoms with Gasteiger partial charge < -0.3 is 10.2 Å². The van der Waals surface area contributed by atoms with Crippen molar-refractivity contribution in [2.24, 2.45) is 5.10 Å². The van der Waals surface area contributed by atoms with Crippen LogP contribution in [0.15, 0.2) is 53.6 Å². The fourth-order valence-electron chi connectivity index (χ4n) is 1.80. The number of rotatable bonds is 4. The molecule has 0 fully saturated rings. The minimum Gasteiger partial charge on any atom is -0.508 e. The number of hydrogen-bond acceptors (Lipinski definition) is 4. The average molecular weight is 284 g/mol. The van der Waals surface area contributed by atoms with E-state index < -0.39 is 0 Å². The van der Waals surface area contributed by atoms with Gasteiger partial charge in [0.05, 0.1) is 12.1 Å². The Labute approximate surface area is 122 Å². The molecule has 3 N–H and O–H groups in total. The second-order valence-corrected chi connectivity index (χ2v) is 4.63. The van der Waals surface area contributed by atoms with Crippen LogP contribution in [-0.4, -0.2) is 21.8 Å². The summed E-state index contributed by atoms with van der Waals surface area (Å²) in [6, 6.07) is 13.1. The van der Waals surface area contributed by atoms with Crippen molar-refractivity contribution in [3.05, 3.63) is 59.7 Å². The van der Waals surface area contributed by atoms with Crippen molar-refractivity contribution in [3.8, 4) is 11.5 Å². The van der Waals surface area contributed by atoms with Crippen LogP contribution in [0.4, 0.5) is 0 Å². The number of carbonyl (C=O) groups is 1. The maximum absolute atomic E-state index is 11.8. The van der Waals surface area contributed by atoms with Gasteiger partial charge in [0.2, 0.25) is 5.91 Å². The van der Waals surface area contributed by atoms with E-state index >= 15 is 0 Å². The highest BCUT2D eigenvalue weighted by Gasteiger charge is 2.04. The average Bonchev–Trinajstić information content (AvgIpc) is 2.45. The predicted octanol–water partition coefficient (Wildman–Crippen LogP) is 2.18. The van der Waals surface area contributed by atoms with E-state index in [4.69, 9.17) is 0 Å². The molecule has 0 aromatic heterocycles. The third kappa shape index (κ3) is 4.35. The summed E-state index contributed by atoms with van der Waals surface area (Å²) in [5, 5.41) is 22.6. The largest absolute Gasteiger partial charge is 0.508 e. The molecule has 1 amide bonds. The Hall–Kier alpha value is -2.82. The Balaban J connectivity index is 1.96. The Morgan fingerprint density at radius 3 is 2.48 bits per heavy atom. The Morgan fingerprint density at radius 2 is 1.81 bits per heavy atom. The molecule has 2 rings (SSSR count). The summed E-state index contributed by atoms with van der Waals surface area (Å²) in [6.07, 6.45) is 0.140. The molecule has 5 nitrogen and oxygen atoms in total. The molecule has 0 bridgehead atoms. The smallest absolute Gasteiger partial charge is 0.244 e. The van der Waals surface area contributed by atoms with Crippen LogP contribution in [0, 0.1) is 0 Å². The molecule has 0 saturated heterocycles. The lowest BCUT2D eigenvalue weighted by molar-refractivity contribution is -0.120. The molecule has 0 aliphatic rings. The fourth-order valence-corrected chi connectivity index (χ4v) is 1.80. The van der Waals surface area contributed by atoms with E-state index in [1.165, 1.54) is 6.07 Å². The van der Waals surface area contributed by atoms with Crippen LogP contribution in [0.2, 0.25) is 0 Å². The van der Waals surface area contributed by atoms with Crippen LogP contribution < -0.4 is 5.43 Å². The number of phenolic OH excluding ortho intramolecular Hbond substituents is 2. The van der Waals surface area contributed by atoms with Gasteiger partial charge in [0.1, 0.15) is 11.5 Å². The molecule has 0 aliphatic heterocycles. The molecule has 21 heavy (non-hydrogen) atoms. The van der Waals surface area contributed by atoms with Crippen LogP contribution in [0.3, 0.4) is 0 Å². The highest BCUT2D eigenvalue weighted by molar-refractivity contribution is 5.99. The number of carbonyl (C=O) groups excluding carboxylic acids is 1. The molecule has 0 aliphatic carbocycles. The number of nitrogens with one attached hydrogen (secondary N) is 1. The predicted molar refractivity (Wildman–Crippen MR) is 80.3 cm³/mol. The van der Waals surface area contributed by atoms with Crippen molar-refractivity contribution >= 4 is 11.6 Å². The number of phenols is 2. The van der Waals surface area contributed by atoms with Crippen molar-refractivity contribution in [2.45, 2.75) is 13.3 Å². The van der Waals surface area contributed by atoms with E-state index in [9.17, 15) is 15.0 Å². The summed E-state index contributed by atoms with van der Waals surface area (Å²) in [5.74, 6) is 0.0438. The topological polar surface area (TPSA) is 81.9 Å². The van der Waals surface area contributed by atoms with E-state index in [0.29, 0.717) is 11.3 Å². The monoisotopic (exact) mass is 284 g/mol. The van der Waals surface area contributed by atoms with Gasteiger partial charge in [-0.25, -0.2) is 5.43 Å². The zero-order valence-corrected chi connectivity index (χ0v) is 11.6. The molecule has 108 valence electrons. The van der Waals surface area contributed by atoms with Crippen molar-refractivity contribution in [1.29, 1.82) is 0 Å². The van der Waals surface area contributed by atoms with Crippen molar-refractivity contribution < 1.29 is 15.0 Å². The van der Waals surface area contributed by atoms with E-state index in [1.807, 2.05) is 0 Å². The third-order valence-electron chi connectivity index (χ3n) is 2.91. The minimum absolute atomic E-state index is 0.129. The van der Waals surface area contributed by atoms with Gasteiger partial charge in [-0.05, 0) is 54.4 Å². The lowest BCUT2D eigenvalue weighted by Gasteiger charge is -2.04. The first-order valence-corrected chi connectivity index (χ1v) is 6.45. The van der Waals surface area contributed by atoms with Crippen molar-refractivity contribution in [3.63, 3.8) is 0 Å². The first-order chi connectivity index (χ1) is 10.0. The van der Waals surface area contributed by atoms with Gasteiger partial charge in [-0.1, -0.05) is 12.1 Å². The Bertz CT molecular complexity index is 663. The summed E-state index contributed by atoms with van der Waals surface area (Å²) in [5.41, 5.74) is 4.63. The molecular weight excluding hydrogens is 268 g/mol. The molecule has 0 atom stereocenters. The maximum atomic E-state index is 11.8. The van der Waals surface area contributed by atoms with Gasteiger partial charge in [-0.2, -0.15) is 5.10 Å². The molecule has 2 aromatic rings. The molecule has 0 unspecified atom stereocenters. The number of aromatic hydroxyl groups is 2. The molecule has 0 heterocycles. The molecule has 0 spiro atoms. The summed E-state index contributed by atoms with van der Waals surface area (Å²) < 4.78 is 0. The lowest BCUT2D eigenvalue weighted by atomic mass is 10.1. The molecule has 0 radical (unpaired) electrons. The number of hydrogen-bond donors (Lipinski definition) is 3. The fraction of sp³-hybridized carbons (Fsp3) is 0.125. The van der Waals surface area contributed by atoms with Gasteiger partial charge in [0.25, 0.3) is 0 Å². The summed E-state index contributed by atoms with van der Waals surface area (Å²) >= 11 is 0. The van der Waals surface area contributed by atoms with Crippen LogP contribution in [-0.2, 0) is 11.2 Å². The zero-order chi connectivity index (χ0) is 15.2. The number of hydrazone groups is 1. The van der Waals surface area contributed by atoms with Crippen LogP contribution in [0.1, 0.15) is 18.1 Å². The second kappa shape index (κ2) is 6.56. The Kier molecular flexibility index (Phi) is 4.56. The van der Waals surface area contributed by atoms with Gasteiger partial charge >= 0.3 is 0 Å². The van der Waals surface area contributed by atoms with Gasteiger partial charge in [0, 0.05) is 0 Å². The molecule has 2 aromatic carbocycles. The summed E-state index contributed by atoms with van der Waals surface area (Å²) in [6.45, 7) is 1.76. The van der Waals surface area contributed by atoms with E-state index in [2.05, 4.69) is 10.5 Å². The lowest BCUT2D eigenvalue weighted by Crippen LogP contribution is -2.21. The van der Waals surface area contributed by atoms with Crippen molar-refractivity contribution in [2.75, 3.05) is 0 Å². The summed E-state index contributed by atoms with van der Waals surface area (Å²) in [7, 11) is 0. The van der Waals surface area contributed by atoms with Crippen LogP contribution >= 0.6 is 0 Å². The summed E-state index contributed by atoms with van der Waals surface area (Å²) in [4.78, 5) is 11.8. The number of amides is 1. The zero-order valence-electron chi connectivity index (χ0n) is 11.6. The quantitative estimate of drug-likeness (QED) is 0.594. The van der Waals surface area contributed by atoms with Gasteiger partial charge in [-0.15, -0.1) is 0 Å². The highest BCUT2D eigenvalue weighted by Crippen LogP contribution is 2.12. The first-order valence-electron chi connectivity index (χ1n) is 6.45. The van der Waals surface area contributed by atoms with Crippen LogP contribution in [0.5, 0.6) is 11.5 Å². The van der Waals surface area contributed by atoms with Gasteiger partial charge in [-0.3, -0.25) is 4.79 Å². The second-order valence-electron chi connectivity index (χ2n) is 4.63. The normalized spacial score (nSPS) is 11.2. The van der Waals surface area contributed by atoms with Gasteiger partial charge in [0.15, 0.2) is 0 Å². The highest BCUT2D eigenvalue weighted by atomic mass is 16.3. The van der Waals surface area contributed by atoms with E-state index in [0.717, 1.165) is 5.56 Å². The van der Waals surface area contributed by atoms with E-state index in [1.54, 1.807) is 49.4 Å². The first kappa shape index (κ1) is 14.6. The standard InChI is InChI=1S/C16H16N2O3/c1-11(13-5-7-14(19)8-6-13)17-18-16(21)10-12-3-2-4-15(20)9-12/h2-9,19-20H,10H2,1H3,(H,18,21)/b17-11-. The molecule has 5 heteroatoms. The van der Waals surface area contributed by atoms with Crippen molar-refractivity contribution in [1.82, 2.24) is 5.43 Å². The number of nitrogens with zero attached hydrogens (tertiary/aromatic N) is 1. The minimum atomic E-state index is -0.265. The number of benzene rings is 2. The SMILES string of the molecule is C/C(=N/NC(=O)Cc1cccc(O)c1)c1ccc(O)cc1.